The minimum absolute atomic E-state index is 0.0729. The first kappa shape index (κ1) is 20.1. The smallest absolute Gasteiger partial charge is 0.315 e. The van der Waals surface area contributed by atoms with Crippen molar-refractivity contribution in [2.24, 2.45) is 5.92 Å². The molecule has 0 saturated carbocycles. The molecule has 5 nitrogen and oxygen atoms in total. The minimum atomic E-state index is -0.0729. The third kappa shape index (κ3) is 5.65. The molecule has 150 valence electrons. The monoisotopic (exact) mass is 381 g/mol. The molecule has 3 rings (SSSR count). The van der Waals surface area contributed by atoms with E-state index in [2.05, 4.69) is 52.8 Å². The summed E-state index contributed by atoms with van der Waals surface area (Å²) in [6.07, 6.45) is 2.98. The van der Waals surface area contributed by atoms with Crippen molar-refractivity contribution in [2.45, 2.75) is 32.2 Å². The van der Waals surface area contributed by atoms with Gasteiger partial charge >= 0.3 is 6.03 Å². The van der Waals surface area contributed by atoms with E-state index in [9.17, 15) is 4.79 Å². The maximum absolute atomic E-state index is 12.2. The highest BCUT2D eigenvalue weighted by molar-refractivity contribution is 5.74. The van der Waals surface area contributed by atoms with Crippen molar-refractivity contribution in [3.05, 3.63) is 60.2 Å². The van der Waals surface area contributed by atoms with Gasteiger partial charge in [0.25, 0.3) is 0 Å². The first-order valence-corrected chi connectivity index (χ1v) is 10.1. The van der Waals surface area contributed by atoms with Crippen molar-refractivity contribution in [3.8, 4) is 5.75 Å². The summed E-state index contributed by atoms with van der Waals surface area (Å²) in [5.41, 5.74) is 2.44. The predicted molar refractivity (Wildman–Crippen MR) is 114 cm³/mol. The number of rotatable bonds is 8. The molecule has 0 bridgehead atoms. The first-order valence-electron chi connectivity index (χ1n) is 10.1. The van der Waals surface area contributed by atoms with Gasteiger partial charge in [0.1, 0.15) is 5.75 Å². The molecule has 0 aliphatic carbocycles. The summed E-state index contributed by atoms with van der Waals surface area (Å²) >= 11 is 0. The van der Waals surface area contributed by atoms with Crippen LogP contribution in [0.4, 0.5) is 10.5 Å². The summed E-state index contributed by atoms with van der Waals surface area (Å²) in [5.74, 6) is 1.36. The molecule has 1 fully saturated rings. The van der Waals surface area contributed by atoms with Crippen molar-refractivity contribution >= 4 is 11.7 Å². The van der Waals surface area contributed by atoms with E-state index in [-0.39, 0.29) is 12.1 Å². The Hall–Kier alpha value is -2.69. The Balaban J connectivity index is 1.38. The van der Waals surface area contributed by atoms with Gasteiger partial charge in [-0.2, -0.15) is 0 Å². The van der Waals surface area contributed by atoms with E-state index < -0.39 is 0 Å². The van der Waals surface area contributed by atoms with Gasteiger partial charge in [-0.3, -0.25) is 0 Å². The molecule has 1 heterocycles. The average molecular weight is 382 g/mol. The Morgan fingerprint density at radius 1 is 1.18 bits per heavy atom. The Morgan fingerprint density at radius 3 is 2.71 bits per heavy atom. The zero-order valence-electron chi connectivity index (χ0n) is 16.9. The number of hydrogen-bond donors (Lipinski definition) is 2. The number of nitrogens with zero attached hydrogens (tertiary/aromatic N) is 1. The molecule has 28 heavy (non-hydrogen) atoms. The number of benzene rings is 2. The van der Waals surface area contributed by atoms with E-state index in [1.54, 1.807) is 7.11 Å². The number of urea groups is 1. The number of nitrogens with one attached hydrogen (secondary N) is 2. The molecule has 2 N–H and O–H groups in total. The molecule has 1 saturated heterocycles. The predicted octanol–water partition coefficient (Wildman–Crippen LogP) is 3.84. The standard InChI is InChI=1S/C23H31N3O2/c1-18(12-13-19-8-4-3-5-9-19)25-23(27)24-16-20-14-15-26(17-20)21-10-6-7-11-22(21)28-2/h3-11,18,20H,12-17H2,1-2H3,(H2,24,25,27). The molecular formula is C23H31N3O2. The number of carbonyl (C=O) groups excluding carboxylic acids is 1. The van der Waals surface area contributed by atoms with Gasteiger partial charge in [-0.1, -0.05) is 42.5 Å². The molecule has 0 spiro atoms. The molecule has 2 aromatic rings. The Bertz CT molecular complexity index is 751. The minimum Gasteiger partial charge on any atom is -0.495 e. The van der Waals surface area contributed by atoms with Crippen LogP contribution in [-0.2, 0) is 6.42 Å². The van der Waals surface area contributed by atoms with Crippen LogP contribution in [0.15, 0.2) is 54.6 Å². The maximum atomic E-state index is 12.2. The Kier molecular flexibility index (Phi) is 7.18. The second kappa shape index (κ2) is 10.0. The van der Waals surface area contributed by atoms with Crippen LogP contribution in [0.5, 0.6) is 5.75 Å². The zero-order chi connectivity index (χ0) is 19.8. The number of ether oxygens (including phenoxy) is 1. The summed E-state index contributed by atoms with van der Waals surface area (Å²) in [7, 11) is 1.71. The number of anilines is 1. The maximum Gasteiger partial charge on any atom is 0.315 e. The van der Waals surface area contributed by atoms with Gasteiger partial charge in [-0.15, -0.1) is 0 Å². The van der Waals surface area contributed by atoms with Crippen molar-refractivity contribution in [3.63, 3.8) is 0 Å². The lowest BCUT2D eigenvalue weighted by atomic mass is 10.1. The van der Waals surface area contributed by atoms with Gasteiger partial charge < -0.3 is 20.3 Å². The number of carbonyl (C=O) groups is 1. The molecular weight excluding hydrogens is 350 g/mol. The topological polar surface area (TPSA) is 53.6 Å². The summed E-state index contributed by atoms with van der Waals surface area (Å²) in [6.45, 7) is 4.68. The number of amides is 2. The van der Waals surface area contributed by atoms with Gasteiger partial charge in [0.05, 0.1) is 12.8 Å². The van der Waals surface area contributed by atoms with Crippen LogP contribution in [0.1, 0.15) is 25.3 Å². The van der Waals surface area contributed by atoms with Gasteiger partial charge in [0.2, 0.25) is 0 Å². The summed E-state index contributed by atoms with van der Waals surface area (Å²) < 4.78 is 5.47. The van der Waals surface area contributed by atoms with E-state index in [1.807, 2.05) is 24.3 Å². The van der Waals surface area contributed by atoms with Crippen LogP contribution in [0, 0.1) is 5.92 Å². The van der Waals surface area contributed by atoms with E-state index >= 15 is 0 Å². The highest BCUT2D eigenvalue weighted by Crippen LogP contribution is 2.31. The highest BCUT2D eigenvalue weighted by atomic mass is 16.5. The lowest BCUT2D eigenvalue weighted by Crippen LogP contribution is -2.43. The molecule has 5 heteroatoms. The van der Waals surface area contributed by atoms with Gasteiger partial charge in [0.15, 0.2) is 0 Å². The fourth-order valence-electron chi connectivity index (χ4n) is 3.72. The zero-order valence-corrected chi connectivity index (χ0v) is 16.9. The van der Waals surface area contributed by atoms with Crippen molar-refractivity contribution < 1.29 is 9.53 Å². The quantitative estimate of drug-likeness (QED) is 0.730. The van der Waals surface area contributed by atoms with Crippen LogP contribution in [0.3, 0.4) is 0 Å². The normalized spacial score (nSPS) is 17.2. The fourth-order valence-corrected chi connectivity index (χ4v) is 3.72. The van der Waals surface area contributed by atoms with Crippen LogP contribution in [0.25, 0.3) is 0 Å². The Labute approximate surface area is 168 Å². The molecule has 2 unspecified atom stereocenters. The summed E-state index contributed by atoms with van der Waals surface area (Å²) in [5, 5.41) is 6.10. The van der Waals surface area contributed by atoms with Crippen LogP contribution < -0.4 is 20.3 Å². The van der Waals surface area contributed by atoms with Crippen LogP contribution in [-0.4, -0.2) is 38.8 Å². The van der Waals surface area contributed by atoms with E-state index in [0.717, 1.165) is 43.8 Å². The molecule has 1 aliphatic heterocycles. The van der Waals surface area contributed by atoms with Crippen molar-refractivity contribution in [2.75, 3.05) is 31.6 Å². The molecule has 2 aromatic carbocycles. The second-order valence-electron chi connectivity index (χ2n) is 7.55. The third-order valence-corrected chi connectivity index (χ3v) is 5.35. The number of methoxy groups -OCH3 is 1. The fraction of sp³-hybridized carbons (Fsp3) is 0.435. The first-order chi connectivity index (χ1) is 13.7. The van der Waals surface area contributed by atoms with Gasteiger partial charge in [-0.25, -0.2) is 4.79 Å². The summed E-state index contributed by atoms with van der Waals surface area (Å²) in [6, 6.07) is 18.6. The molecule has 2 amide bonds. The molecule has 0 aromatic heterocycles. The molecule has 0 radical (unpaired) electrons. The van der Waals surface area contributed by atoms with Gasteiger partial charge in [-0.05, 0) is 49.8 Å². The largest absolute Gasteiger partial charge is 0.495 e. The number of para-hydroxylation sites is 2. The number of hydrogen-bond acceptors (Lipinski definition) is 3. The lowest BCUT2D eigenvalue weighted by molar-refractivity contribution is 0.235. The third-order valence-electron chi connectivity index (χ3n) is 5.35. The average Bonchev–Trinajstić information content (AvgIpc) is 3.20. The summed E-state index contributed by atoms with van der Waals surface area (Å²) in [4.78, 5) is 14.6. The number of aryl methyl sites for hydroxylation is 1. The van der Waals surface area contributed by atoms with E-state index in [1.165, 1.54) is 5.56 Å². The van der Waals surface area contributed by atoms with Gasteiger partial charge in [0, 0.05) is 25.7 Å². The van der Waals surface area contributed by atoms with E-state index in [4.69, 9.17) is 4.74 Å². The lowest BCUT2D eigenvalue weighted by Gasteiger charge is -2.21. The second-order valence-corrected chi connectivity index (χ2v) is 7.55. The SMILES string of the molecule is COc1ccccc1N1CCC(CNC(=O)NC(C)CCc2ccccc2)C1. The van der Waals surface area contributed by atoms with Crippen LogP contribution >= 0.6 is 0 Å². The van der Waals surface area contributed by atoms with E-state index in [0.29, 0.717) is 12.5 Å². The Morgan fingerprint density at radius 2 is 1.93 bits per heavy atom. The van der Waals surface area contributed by atoms with Crippen LogP contribution in [0.2, 0.25) is 0 Å². The van der Waals surface area contributed by atoms with Crippen molar-refractivity contribution in [1.29, 1.82) is 0 Å². The molecule has 2 atom stereocenters. The highest BCUT2D eigenvalue weighted by Gasteiger charge is 2.24. The molecule has 1 aliphatic rings. The van der Waals surface area contributed by atoms with Crippen molar-refractivity contribution in [1.82, 2.24) is 10.6 Å².